The highest BCUT2D eigenvalue weighted by Crippen LogP contribution is 2.23. The maximum atomic E-state index is 13.0. The molecule has 1 amide bonds. The number of morpholine rings is 1. The zero-order valence-electron chi connectivity index (χ0n) is 15.4. The Morgan fingerprint density at radius 3 is 2.46 bits per heavy atom. The van der Waals surface area contributed by atoms with Crippen LogP contribution in [-0.2, 0) is 4.74 Å². The third kappa shape index (κ3) is 4.16. The molecule has 0 aliphatic carbocycles. The second-order valence-electron chi connectivity index (χ2n) is 6.73. The Morgan fingerprint density at radius 2 is 1.75 bits per heavy atom. The molecule has 0 N–H and O–H groups in total. The van der Waals surface area contributed by atoms with Gasteiger partial charge in [0.1, 0.15) is 0 Å². The number of aromatic nitrogens is 2. The summed E-state index contributed by atoms with van der Waals surface area (Å²) < 4.78 is 5.36. The molecule has 28 heavy (non-hydrogen) atoms. The highest BCUT2D eigenvalue weighted by Gasteiger charge is 2.26. The van der Waals surface area contributed by atoms with Crippen LogP contribution in [0.3, 0.4) is 0 Å². The van der Waals surface area contributed by atoms with Gasteiger partial charge in [0, 0.05) is 50.0 Å². The van der Waals surface area contributed by atoms with Crippen molar-refractivity contribution < 1.29 is 9.53 Å². The first-order chi connectivity index (χ1) is 13.6. The van der Waals surface area contributed by atoms with Crippen molar-refractivity contribution in [2.24, 2.45) is 0 Å². The number of carbonyl (C=O) groups is 1. The molecule has 0 saturated carbocycles. The Bertz CT molecular complexity index is 852. The molecule has 9 heteroatoms. The Labute approximate surface area is 173 Å². The van der Waals surface area contributed by atoms with Crippen molar-refractivity contribution in [2.75, 3.05) is 62.3 Å². The zero-order valence-corrected chi connectivity index (χ0v) is 16.9. The van der Waals surface area contributed by atoms with Gasteiger partial charge in [0.2, 0.25) is 5.95 Å². The lowest BCUT2D eigenvalue weighted by atomic mass is 10.2. The van der Waals surface area contributed by atoms with E-state index in [-0.39, 0.29) is 16.6 Å². The number of ether oxygens (including phenoxy) is 1. The molecule has 0 spiro atoms. The number of rotatable bonds is 3. The number of benzene rings is 1. The van der Waals surface area contributed by atoms with Crippen LogP contribution in [0.1, 0.15) is 10.5 Å². The van der Waals surface area contributed by atoms with Crippen LogP contribution < -0.4 is 9.80 Å². The minimum atomic E-state index is -0.160. The van der Waals surface area contributed by atoms with Crippen LogP contribution >= 0.6 is 23.2 Å². The van der Waals surface area contributed by atoms with E-state index in [1.54, 1.807) is 4.90 Å². The summed E-state index contributed by atoms with van der Waals surface area (Å²) in [5, 5.41) is 0.985. The molecule has 2 saturated heterocycles. The van der Waals surface area contributed by atoms with Crippen molar-refractivity contribution in [3.63, 3.8) is 0 Å². The summed E-state index contributed by atoms with van der Waals surface area (Å²) in [4.78, 5) is 27.8. The van der Waals surface area contributed by atoms with Gasteiger partial charge in [0.15, 0.2) is 5.69 Å². The summed E-state index contributed by atoms with van der Waals surface area (Å²) in [6.07, 6.45) is 1.51. The summed E-state index contributed by atoms with van der Waals surface area (Å²) in [5.41, 5.74) is 1.32. The minimum Gasteiger partial charge on any atom is -0.378 e. The fourth-order valence-electron chi connectivity index (χ4n) is 3.41. The van der Waals surface area contributed by atoms with E-state index < -0.39 is 0 Å². The van der Waals surface area contributed by atoms with E-state index >= 15 is 0 Å². The molecule has 2 aliphatic rings. The molecule has 4 rings (SSSR count). The van der Waals surface area contributed by atoms with Crippen LogP contribution in [0.4, 0.5) is 11.6 Å². The predicted octanol–water partition coefficient (Wildman–Crippen LogP) is 2.58. The number of amides is 1. The smallest absolute Gasteiger partial charge is 0.274 e. The number of piperazine rings is 1. The van der Waals surface area contributed by atoms with Gasteiger partial charge >= 0.3 is 0 Å². The summed E-state index contributed by atoms with van der Waals surface area (Å²) >= 11 is 12.3. The van der Waals surface area contributed by atoms with Gasteiger partial charge in [-0.05, 0) is 18.2 Å². The van der Waals surface area contributed by atoms with Crippen LogP contribution in [0.25, 0.3) is 0 Å². The summed E-state index contributed by atoms with van der Waals surface area (Å²) in [7, 11) is 0. The van der Waals surface area contributed by atoms with Crippen molar-refractivity contribution >= 4 is 40.7 Å². The van der Waals surface area contributed by atoms with Gasteiger partial charge in [-0.1, -0.05) is 29.3 Å². The largest absolute Gasteiger partial charge is 0.378 e. The monoisotopic (exact) mass is 421 g/mol. The minimum absolute atomic E-state index is 0.160. The Morgan fingerprint density at radius 1 is 1.00 bits per heavy atom. The maximum absolute atomic E-state index is 13.0. The lowest BCUT2D eigenvalue weighted by Gasteiger charge is -2.36. The molecule has 0 unspecified atom stereocenters. The van der Waals surface area contributed by atoms with Crippen molar-refractivity contribution in [3.8, 4) is 0 Å². The molecule has 2 aliphatic heterocycles. The average Bonchev–Trinajstić information content (AvgIpc) is 2.74. The topological polar surface area (TPSA) is 61.8 Å². The predicted molar refractivity (Wildman–Crippen MR) is 110 cm³/mol. The van der Waals surface area contributed by atoms with Gasteiger partial charge < -0.3 is 19.4 Å². The highest BCUT2D eigenvalue weighted by molar-refractivity contribution is 6.33. The first-order valence-electron chi connectivity index (χ1n) is 9.27. The maximum Gasteiger partial charge on any atom is 0.274 e. The van der Waals surface area contributed by atoms with Crippen LogP contribution in [0.15, 0.2) is 30.5 Å². The first kappa shape index (κ1) is 19.2. The number of anilines is 2. The molecular formula is C19H21Cl2N5O2. The van der Waals surface area contributed by atoms with Crippen LogP contribution in [0, 0.1) is 0 Å². The van der Waals surface area contributed by atoms with Gasteiger partial charge in [-0.2, -0.15) is 0 Å². The molecule has 7 nitrogen and oxygen atoms in total. The van der Waals surface area contributed by atoms with Gasteiger partial charge in [-0.15, -0.1) is 0 Å². The molecule has 0 atom stereocenters. The molecule has 2 aromatic rings. The average molecular weight is 422 g/mol. The van der Waals surface area contributed by atoms with Crippen molar-refractivity contribution in [1.82, 2.24) is 14.9 Å². The van der Waals surface area contributed by atoms with E-state index in [0.29, 0.717) is 50.4 Å². The van der Waals surface area contributed by atoms with Crippen molar-refractivity contribution in [2.45, 2.75) is 0 Å². The number of nitrogens with zero attached hydrogens (tertiary/aromatic N) is 5. The van der Waals surface area contributed by atoms with Gasteiger partial charge in [-0.3, -0.25) is 4.79 Å². The number of hydrogen-bond donors (Lipinski definition) is 0. The zero-order chi connectivity index (χ0) is 19.5. The van der Waals surface area contributed by atoms with Crippen molar-refractivity contribution in [3.05, 3.63) is 46.2 Å². The molecule has 3 heterocycles. The SMILES string of the molecule is O=C(c1nc(N2CCOCC2)ncc1Cl)N1CCN(c2cccc(Cl)c2)CC1. The molecule has 0 radical (unpaired) electrons. The van der Waals surface area contributed by atoms with E-state index in [2.05, 4.69) is 14.9 Å². The summed E-state index contributed by atoms with van der Waals surface area (Å²) in [6, 6.07) is 7.76. The van der Waals surface area contributed by atoms with Crippen LogP contribution in [-0.4, -0.2) is 73.3 Å². The Balaban J connectivity index is 1.45. The standard InChI is InChI=1S/C19H21Cl2N5O2/c20-14-2-1-3-15(12-14)24-4-6-25(7-5-24)18(27)17-16(21)13-22-19(23-17)26-8-10-28-11-9-26/h1-3,12-13H,4-11H2. The van der Waals surface area contributed by atoms with E-state index in [4.69, 9.17) is 27.9 Å². The number of halogens is 2. The van der Waals surface area contributed by atoms with E-state index in [1.165, 1.54) is 6.20 Å². The molecule has 0 bridgehead atoms. The van der Waals surface area contributed by atoms with E-state index in [1.807, 2.05) is 29.2 Å². The molecular weight excluding hydrogens is 401 g/mol. The fourth-order valence-corrected chi connectivity index (χ4v) is 3.77. The third-order valence-electron chi connectivity index (χ3n) is 4.97. The van der Waals surface area contributed by atoms with E-state index in [0.717, 1.165) is 18.8 Å². The lowest BCUT2D eigenvalue weighted by Crippen LogP contribution is -2.49. The Hall–Kier alpha value is -2.09. The second kappa shape index (κ2) is 8.51. The quantitative estimate of drug-likeness (QED) is 0.758. The van der Waals surface area contributed by atoms with Crippen molar-refractivity contribution in [1.29, 1.82) is 0 Å². The summed E-state index contributed by atoms with van der Waals surface area (Å²) in [6.45, 7) is 5.30. The highest BCUT2D eigenvalue weighted by atomic mass is 35.5. The second-order valence-corrected chi connectivity index (χ2v) is 7.57. The number of carbonyl (C=O) groups excluding carboxylic acids is 1. The molecule has 1 aromatic carbocycles. The van der Waals surface area contributed by atoms with E-state index in [9.17, 15) is 4.79 Å². The van der Waals surface area contributed by atoms with Crippen LogP contribution in [0.5, 0.6) is 0 Å². The normalized spacial score (nSPS) is 17.7. The molecule has 148 valence electrons. The molecule has 1 aromatic heterocycles. The number of hydrogen-bond acceptors (Lipinski definition) is 6. The summed E-state index contributed by atoms with van der Waals surface area (Å²) in [5.74, 6) is 0.362. The fraction of sp³-hybridized carbons (Fsp3) is 0.421. The lowest BCUT2D eigenvalue weighted by molar-refractivity contribution is 0.0741. The van der Waals surface area contributed by atoms with Gasteiger partial charge in [0.05, 0.1) is 24.4 Å². The van der Waals surface area contributed by atoms with Crippen LogP contribution in [0.2, 0.25) is 10.0 Å². The van der Waals surface area contributed by atoms with Gasteiger partial charge in [-0.25, -0.2) is 9.97 Å². The third-order valence-corrected chi connectivity index (χ3v) is 5.48. The first-order valence-corrected chi connectivity index (χ1v) is 10.0. The Kier molecular flexibility index (Phi) is 5.85. The van der Waals surface area contributed by atoms with Gasteiger partial charge in [0.25, 0.3) is 5.91 Å². The molecule has 2 fully saturated rings.